The molecule has 0 saturated carbocycles. The molecule has 0 aliphatic heterocycles. The van der Waals surface area contributed by atoms with E-state index in [0.29, 0.717) is 5.56 Å². The van der Waals surface area contributed by atoms with Gasteiger partial charge in [0.2, 0.25) is 0 Å². The summed E-state index contributed by atoms with van der Waals surface area (Å²) < 4.78 is 0. The molecule has 2 aromatic rings. The van der Waals surface area contributed by atoms with E-state index in [2.05, 4.69) is 31.8 Å². The molecule has 1 N–H and O–H groups in total. The Morgan fingerprint density at radius 1 is 1.21 bits per heavy atom. The van der Waals surface area contributed by atoms with Crippen molar-refractivity contribution in [2.24, 2.45) is 0 Å². The van der Waals surface area contributed by atoms with Gasteiger partial charge in [-0.2, -0.15) is 0 Å². The minimum Gasteiger partial charge on any atom is -0.478 e. The second-order valence-electron chi connectivity index (χ2n) is 5.56. The molecular formula is C16H17NO2. The fourth-order valence-electron chi connectivity index (χ4n) is 1.96. The van der Waals surface area contributed by atoms with Crippen LogP contribution in [0.5, 0.6) is 0 Å². The number of aromatic nitrogens is 1. The molecule has 1 aromatic carbocycles. The van der Waals surface area contributed by atoms with Crippen LogP contribution in [0.1, 0.15) is 36.7 Å². The van der Waals surface area contributed by atoms with Crippen molar-refractivity contribution in [2.75, 3.05) is 0 Å². The number of carboxylic acids is 1. The van der Waals surface area contributed by atoms with Crippen LogP contribution in [0, 0.1) is 0 Å². The highest BCUT2D eigenvalue weighted by atomic mass is 16.4. The first-order chi connectivity index (χ1) is 8.89. The maximum atomic E-state index is 11.2. The molecular weight excluding hydrogens is 238 g/mol. The average Bonchev–Trinajstić information content (AvgIpc) is 2.38. The summed E-state index contributed by atoms with van der Waals surface area (Å²) in [5, 5.41) is 9.23. The lowest BCUT2D eigenvalue weighted by molar-refractivity contribution is 0.0697. The molecule has 0 fully saturated rings. The number of hydrogen-bond donors (Lipinski definition) is 1. The summed E-state index contributed by atoms with van der Waals surface area (Å²) in [5.41, 5.74) is 3.02. The van der Waals surface area contributed by atoms with E-state index < -0.39 is 5.97 Å². The van der Waals surface area contributed by atoms with E-state index in [0.717, 1.165) is 5.56 Å². The van der Waals surface area contributed by atoms with Gasteiger partial charge in [-0.15, -0.1) is 0 Å². The Bertz CT molecular complexity index is 612. The van der Waals surface area contributed by atoms with Crippen molar-refractivity contribution in [2.45, 2.75) is 26.2 Å². The quantitative estimate of drug-likeness (QED) is 0.889. The third kappa shape index (κ3) is 2.81. The molecule has 0 radical (unpaired) electrons. The van der Waals surface area contributed by atoms with Crippen molar-refractivity contribution < 1.29 is 9.90 Å². The summed E-state index contributed by atoms with van der Waals surface area (Å²) in [4.78, 5) is 15.3. The molecule has 0 spiro atoms. The van der Waals surface area contributed by atoms with Crippen molar-refractivity contribution >= 4 is 5.97 Å². The van der Waals surface area contributed by atoms with Gasteiger partial charge in [-0.3, -0.25) is 4.98 Å². The van der Waals surface area contributed by atoms with Crippen LogP contribution < -0.4 is 0 Å². The zero-order chi connectivity index (χ0) is 14.0. The first kappa shape index (κ1) is 13.3. The predicted octanol–water partition coefficient (Wildman–Crippen LogP) is 3.74. The molecule has 0 atom stereocenters. The van der Waals surface area contributed by atoms with E-state index in [1.807, 2.05) is 18.2 Å². The molecule has 0 amide bonds. The van der Waals surface area contributed by atoms with Crippen LogP contribution in [0.25, 0.3) is 11.1 Å². The number of carboxylic acid groups (broad SMARTS) is 1. The summed E-state index contributed by atoms with van der Waals surface area (Å²) >= 11 is 0. The van der Waals surface area contributed by atoms with Crippen LogP contribution in [0.2, 0.25) is 0 Å². The van der Waals surface area contributed by atoms with Gasteiger partial charge in [0, 0.05) is 18.0 Å². The van der Waals surface area contributed by atoms with E-state index in [1.54, 1.807) is 6.20 Å². The minimum absolute atomic E-state index is 0.0294. The molecule has 3 heteroatoms. The van der Waals surface area contributed by atoms with Crippen molar-refractivity contribution in [1.29, 1.82) is 0 Å². The van der Waals surface area contributed by atoms with Crippen LogP contribution in [0.4, 0.5) is 0 Å². The number of carbonyl (C=O) groups is 1. The standard InChI is InChI=1S/C16H17NO2/c1-16(2,3)12-6-4-5-11(9-12)14-10-17-8-7-13(14)15(18)19/h4-10H,1-3H3,(H,18,19). The molecule has 2 rings (SSSR count). The maximum absolute atomic E-state index is 11.2. The lowest BCUT2D eigenvalue weighted by Crippen LogP contribution is -2.11. The Morgan fingerprint density at radius 2 is 1.95 bits per heavy atom. The van der Waals surface area contributed by atoms with Gasteiger partial charge >= 0.3 is 5.97 Å². The third-order valence-electron chi connectivity index (χ3n) is 3.09. The second-order valence-corrected chi connectivity index (χ2v) is 5.56. The topological polar surface area (TPSA) is 50.2 Å². The SMILES string of the molecule is CC(C)(C)c1cccc(-c2cnccc2C(=O)O)c1. The molecule has 0 aliphatic rings. The Hall–Kier alpha value is -2.16. The smallest absolute Gasteiger partial charge is 0.336 e. The zero-order valence-corrected chi connectivity index (χ0v) is 11.3. The summed E-state index contributed by atoms with van der Waals surface area (Å²) in [6.45, 7) is 6.40. The van der Waals surface area contributed by atoms with Gasteiger partial charge < -0.3 is 5.11 Å². The number of hydrogen-bond acceptors (Lipinski definition) is 2. The van der Waals surface area contributed by atoms with Crippen LogP contribution >= 0.6 is 0 Å². The molecule has 1 aromatic heterocycles. The fourth-order valence-corrected chi connectivity index (χ4v) is 1.96. The van der Waals surface area contributed by atoms with Crippen LogP contribution in [-0.4, -0.2) is 16.1 Å². The molecule has 0 saturated heterocycles. The fraction of sp³-hybridized carbons (Fsp3) is 0.250. The summed E-state index contributed by atoms with van der Waals surface area (Å²) in [5.74, 6) is -0.932. The molecule has 0 aliphatic carbocycles. The van der Waals surface area contributed by atoms with Gasteiger partial charge in [-0.25, -0.2) is 4.79 Å². The van der Waals surface area contributed by atoms with Crippen molar-refractivity contribution in [1.82, 2.24) is 4.98 Å². The number of rotatable bonds is 2. The molecule has 3 nitrogen and oxygen atoms in total. The van der Waals surface area contributed by atoms with Crippen LogP contribution in [-0.2, 0) is 5.41 Å². The maximum Gasteiger partial charge on any atom is 0.336 e. The highest BCUT2D eigenvalue weighted by molar-refractivity contribution is 5.95. The average molecular weight is 255 g/mol. The molecule has 98 valence electrons. The van der Waals surface area contributed by atoms with Gasteiger partial charge in [0.15, 0.2) is 0 Å². The zero-order valence-electron chi connectivity index (χ0n) is 11.3. The van der Waals surface area contributed by atoms with Crippen molar-refractivity contribution in [3.8, 4) is 11.1 Å². The second kappa shape index (κ2) is 4.84. The van der Waals surface area contributed by atoms with Crippen molar-refractivity contribution in [3.63, 3.8) is 0 Å². The van der Waals surface area contributed by atoms with Gasteiger partial charge in [-0.1, -0.05) is 45.0 Å². The number of aromatic carboxylic acids is 1. The van der Waals surface area contributed by atoms with E-state index in [-0.39, 0.29) is 11.0 Å². The monoisotopic (exact) mass is 255 g/mol. The van der Waals surface area contributed by atoms with E-state index in [4.69, 9.17) is 0 Å². The minimum atomic E-state index is -0.932. The third-order valence-corrected chi connectivity index (χ3v) is 3.09. The summed E-state index contributed by atoms with van der Waals surface area (Å²) in [6, 6.07) is 9.48. The normalized spacial score (nSPS) is 11.3. The highest BCUT2D eigenvalue weighted by Gasteiger charge is 2.16. The van der Waals surface area contributed by atoms with Gasteiger partial charge in [0.1, 0.15) is 0 Å². The van der Waals surface area contributed by atoms with Gasteiger partial charge in [0.25, 0.3) is 0 Å². The molecule has 19 heavy (non-hydrogen) atoms. The Labute approximate surface area is 112 Å². The molecule has 1 heterocycles. The van der Waals surface area contributed by atoms with Gasteiger partial charge in [0.05, 0.1) is 5.56 Å². The highest BCUT2D eigenvalue weighted by Crippen LogP contribution is 2.28. The molecule has 0 bridgehead atoms. The van der Waals surface area contributed by atoms with Crippen molar-refractivity contribution in [3.05, 3.63) is 53.9 Å². The lowest BCUT2D eigenvalue weighted by Gasteiger charge is -2.20. The van der Waals surface area contributed by atoms with E-state index in [9.17, 15) is 9.90 Å². The lowest BCUT2D eigenvalue weighted by atomic mass is 9.85. The first-order valence-corrected chi connectivity index (χ1v) is 6.18. The largest absolute Gasteiger partial charge is 0.478 e. The van der Waals surface area contributed by atoms with Crippen LogP contribution in [0.15, 0.2) is 42.7 Å². The first-order valence-electron chi connectivity index (χ1n) is 6.18. The predicted molar refractivity (Wildman–Crippen MR) is 75.3 cm³/mol. The Kier molecular flexibility index (Phi) is 3.38. The van der Waals surface area contributed by atoms with Gasteiger partial charge in [-0.05, 0) is 22.6 Å². The summed E-state index contributed by atoms with van der Waals surface area (Å²) in [7, 11) is 0. The number of nitrogens with zero attached hydrogens (tertiary/aromatic N) is 1. The Morgan fingerprint density at radius 3 is 2.58 bits per heavy atom. The Balaban J connectivity index is 2.57. The van der Waals surface area contributed by atoms with E-state index >= 15 is 0 Å². The number of pyridine rings is 1. The van der Waals surface area contributed by atoms with Crippen LogP contribution in [0.3, 0.4) is 0 Å². The molecule has 0 unspecified atom stereocenters. The van der Waals surface area contributed by atoms with E-state index in [1.165, 1.54) is 17.8 Å². The summed E-state index contributed by atoms with van der Waals surface area (Å²) in [6.07, 6.45) is 3.10. The number of benzene rings is 1.